The molecule has 0 spiro atoms. The van der Waals surface area contributed by atoms with Crippen LogP contribution >= 0.6 is 0 Å². The highest BCUT2D eigenvalue weighted by Crippen LogP contribution is 2.31. The van der Waals surface area contributed by atoms with Gasteiger partial charge in [0, 0.05) is 23.2 Å². The molecule has 6 aromatic rings. The Kier molecular flexibility index (Phi) is 8.25. The average Bonchev–Trinajstić information content (AvgIpc) is 3.30. The molecule has 0 saturated heterocycles. The Morgan fingerprint density at radius 1 is 0.558 bits per heavy atom. The molecule has 210 valence electrons. The summed E-state index contributed by atoms with van der Waals surface area (Å²) < 4.78 is 0. The number of aromatic carboxylic acids is 2. The highest BCUT2D eigenvalue weighted by molar-refractivity contribution is 6.35. The molecule has 0 saturated carbocycles. The Balaban J connectivity index is 0.000000150. The summed E-state index contributed by atoms with van der Waals surface area (Å²) in [5.74, 6) is -4.03. The Hall–Kier alpha value is -6.22. The second-order valence-electron chi connectivity index (χ2n) is 9.23. The van der Waals surface area contributed by atoms with Gasteiger partial charge < -0.3 is 10.2 Å². The lowest BCUT2D eigenvalue weighted by atomic mass is 10.1. The number of pyridine rings is 2. The van der Waals surface area contributed by atoms with Gasteiger partial charge in [-0.3, -0.25) is 19.6 Å². The minimum absolute atomic E-state index is 0.148. The summed E-state index contributed by atoms with van der Waals surface area (Å²) in [5, 5.41) is 20.7. The summed E-state index contributed by atoms with van der Waals surface area (Å²) in [7, 11) is 0. The third kappa shape index (κ3) is 6.10. The number of anilines is 1. The molecule has 1 aliphatic rings. The number of carbonyl (C=O) groups excluding carboxylic acids is 2. The van der Waals surface area contributed by atoms with Gasteiger partial charge in [-0.25, -0.2) is 14.5 Å². The molecule has 1 aliphatic heterocycles. The van der Waals surface area contributed by atoms with Crippen molar-refractivity contribution in [2.75, 3.05) is 4.90 Å². The van der Waals surface area contributed by atoms with Gasteiger partial charge in [0.25, 0.3) is 11.8 Å². The molecule has 9 nitrogen and oxygen atoms in total. The largest absolute Gasteiger partial charge is 0.478 e. The highest BCUT2D eigenvalue weighted by Gasteiger charge is 2.38. The minimum atomic E-state index is -1.37. The molecule has 7 rings (SSSR count). The Morgan fingerprint density at radius 3 is 1.49 bits per heavy atom. The predicted molar refractivity (Wildman–Crippen MR) is 161 cm³/mol. The first-order chi connectivity index (χ1) is 20.8. The van der Waals surface area contributed by atoms with Crippen molar-refractivity contribution in [1.29, 1.82) is 0 Å². The molecule has 2 N–H and O–H groups in total. The predicted octanol–water partition coefficient (Wildman–Crippen LogP) is 6.35. The molecular formula is C34H23N3O6. The first-order valence-electron chi connectivity index (χ1n) is 13.0. The normalized spacial score (nSPS) is 11.7. The van der Waals surface area contributed by atoms with Crippen LogP contribution in [0, 0.1) is 0 Å². The minimum Gasteiger partial charge on any atom is -0.478 e. The first-order valence-corrected chi connectivity index (χ1v) is 13.0. The van der Waals surface area contributed by atoms with Crippen LogP contribution < -0.4 is 4.90 Å². The van der Waals surface area contributed by atoms with Gasteiger partial charge >= 0.3 is 11.9 Å². The fourth-order valence-electron chi connectivity index (χ4n) is 4.47. The fourth-order valence-corrected chi connectivity index (χ4v) is 4.47. The molecular weight excluding hydrogens is 546 g/mol. The van der Waals surface area contributed by atoms with E-state index in [1.54, 1.807) is 12.1 Å². The number of carboxylic acids is 2. The summed E-state index contributed by atoms with van der Waals surface area (Å²) in [6, 6.07) is 33.4. The van der Waals surface area contributed by atoms with E-state index in [1.165, 1.54) is 22.9 Å². The second-order valence-corrected chi connectivity index (χ2v) is 9.23. The third-order valence-corrected chi connectivity index (χ3v) is 6.53. The number of amides is 2. The fraction of sp³-hybridized carbons (Fsp3) is 0. The molecule has 0 fully saturated rings. The van der Waals surface area contributed by atoms with Gasteiger partial charge in [0.15, 0.2) is 0 Å². The summed E-state index contributed by atoms with van der Waals surface area (Å²) in [6.07, 6.45) is 3.62. The summed E-state index contributed by atoms with van der Waals surface area (Å²) in [6.45, 7) is 0. The number of para-hydroxylation sites is 2. The van der Waals surface area contributed by atoms with Crippen LogP contribution in [0.3, 0.4) is 0 Å². The number of hydrogen-bond acceptors (Lipinski definition) is 6. The van der Waals surface area contributed by atoms with Crippen LogP contribution in [0.25, 0.3) is 21.8 Å². The van der Waals surface area contributed by atoms with E-state index >= 15 is 0 Å². The molecule has 4 aromatic carbocycles. The summed E-state index contributed by atoms with van der Waals surface area (Å²) in [5.41, 5.74) is 1.61. The Labute approximate surface area is 245 Å². The van der Waals surface area contributed by atoms with E-state index in [4.69, 9.17) is 5.11 Å². The van der Waals surface area contributed by atoms with Crippen molar-refractivity contribution < 1.29 is 29.4 Å². The van der Waals surface area contributed by atoms with E-state index in [9.17, 15) is 24.3 Å². The SMILES string of the molecule is O=C(O)c1ccc(C(=O)O)c(N2C(=O)c3ccccc3C2=O)c1.c1ccc2ncccc2c1.c1ccc2ncccc2c1. The van der Waals surface area contributed by atoms with Crippen molar-refractivity contribution in [3.63, 3.8) is 0 Å². The smallest absolute Gasteiger partial charge is 0.337 e. The molecule has 3 heterocycles. The van der Waals surface area contributed by atoms with E-state index in [-0.39, 0.29) is 27.9 Å². The Morgan fingerprint density at radius 2 is 1.02 bits per heavy atom. The van der Waals surface area contributed by atoms with Gasteiger partial charge in [-0.15, -0.1) is 0 Å². The molecule has 0 atom stereocenters. The van der Waals surface area contributed by atoms with Gasteiger partial charge in [0.2, 0.25) is 0 Å². The lowest BCUT2D eigenvalue weighted by molar-refractivity contribution is 0.0681. The summed E-state index contributed by atoms with van der Waals surface area (Å²) in [4.78, 5) is 56.4. The van der Waals surface area contributed by atoms with Gasteiger partial charge in [0.05, 0.1) is 39.0 Å². The maximum atomic E-state index is 12.4. The topological polar surface area (TPSA) is 138 Å². The number of aromatic nitrogens is 2. The number of fused-ring (bicyclic) bond motifs is 3. The van der Waals surface area contributed by atoms with Crippen molar-refractivity contribution >= 4 is 51.2 Å². The van der Waals surface area contributed by atoms with Crippen LogP contribution in [-0.4, -0.2) is 43.9 Å². The molecule has 43 heavy (non-hydrogen) atoms. The van der Waals surface area contributed by atoms with Gasteiger partial charge in [-0.2, -0.15) is 0 Å². The van der Waals surface area contributed by atoms with E-state index in [1.807, 2.05) is 60.9 Å². The first kappa shape index (κ1) is 28.3. The molecule has 2 aromatic heterocycles. The maximum Gasteiger partial charge on any atom is 0.337 e. The molecule has 0 bridgehead atoms. The zero-order valence-electron chi connectivity index (χ0n) is 22.5. The van der Waals surface area contributed by atoms with Crippen LogP contribution in [-0.2, 0) is 0 Å². The zero-order chi connectivity index (χ0) is 30.3. The van der Waals surface area contributed by atoms with Crippen LogP contribution in [0.1, 0.15) is 41.4 Å². The third-order valence-electron chi connectivity index (χ3n) is 6.53. The van der Waals surface area contributed by atoms with Crippen LogP contribution in [0.15, 0.2) is 128 Å². The van der Waals surface area contributed by atoms with E-state index in [0.29, 0.717) is 4.90 Å². The van der Waals surface area contributed by atoms with Crippen molar-refractivity contribution in [3.05, 3.63) is 150 Å². The van der Waals surface area contributed by atoms with E-state index in [2.05, 4.69) is 34.2 Å². The molecule has 0 aliphatic carbocycles. The number of nitrogens with zero attached hydrogens (tertiary/aromatic N) is 3. The zero-order valence-corrected chi connectivity index (χ0v) is 22.5. The molecule has 0 radical (unpaired) electrons. The van der Waals surface area contributed by atoms with Gasteiger partial charge in [0.1, 0.15) is 0 Å². The average molecular weight is 570 g/mol. The van der Waals surface area contributed by atoms with Crippen LogP contribution in [0.2, 0.25) is 0 Å². The quantitative estimate of drug-likeness (QED) is 0.235. The number of carbonyl (C=O) groups is 4. The van der Waals surface area contributed by atoms with Crippen molar-refractivity contribution in [1.82, 2.24) is 9.97 Å². The van der Waals surface area contributed by atoms with E-state index in [0.717, 1.165) is 29.2 Å². The lowest BCUT2D eigenvalue weighted by Crippen LogP contribution is -2.31. The van der Waals surface area contributed by atoms with Crippen molar-refractivity contribution in [2.45, 2.75) is 0 Å². The van der Waals surface area contributed by atoms with Crippen molar-refractivity contribution in [3.8, 4) is 0 Å². The van der Waals surface area contributed by atoms with Crippen LogP contribution in [0.4, 0.5) is 5.69 Å². The molecule has 9 heteroatoms. The van der Waals surface area contributed by atoms with E-state index < -0.39 is 23.8 Å². The maximum absolute atomic E-state index is 12.4. The number of carboxylic acid groups (broad SMARTS) is 2. The highest BCUT2D eigenvalue weighted by atomic mass is 16.4. The monoisotopic (exact) mass is 569 g/mol. The number of benzene rings is 4. The number of imide groups is 1. The second kappa shape index (κ2) is 12.5. The molecule has 2 amide bonds. The standard InChI is InChI=1S/C16H9NO6.2C9H7N/c18-13-9-3-1-2-4-10(9)14(19)17(13)12-7-8(15(20)21)5-6-11(12)16(22)23;2*1-2-6-9-8(4-1)5-3-7-10-9/h1-7H,(H,20,21)(H,22,23);2*1-7H. The van der Waals surface area contributed by atoms with Crippen molar-refractivity contribution in [2.24, 2.45) is 0 Å². The molecule has 0 unspecified atom stereocenters. The van der Waals surface area contributed by atoms with Gasteiger partial charge in [-0.1, -0.05) is 60.7 Å². The number of rotatable bonds is 3. The number of hydrogen-bond donors (Lipinski definition) is 2. The van der Waals surface area contributed by atoms with Crippen LogP contribution in [0.5, 0.6) is 0 Å². The lowest BCUT2D eigenvalue weighted by Gasteiger charge is -2.17. The Bertz CT molecular complexity index is 1770. The van der Waals surface area contributed by atoms with Gasteiger partial charge in [-0.05, 0) is 54.6 Å². The summed E-state index contributed by atoms with van der Waals surface area (Å²) >= 11 is 0.